The minimum atomic E-state index is -3.88. The van der Waals surface area contributed by atoms with Gasteiger partial charge in [0.05, 0.1) is 24.7 Å². The van der Waals surface area contributed by atoms with Crippen molar-refractivity contribution in [1.29, 1.82) is 0 Å². The zero-order valence-corrected chi connectivity index (χ0v) is 15.0. The Balaban J connectivity index is 1.76. The van der Waals surface area contributed by atoms with Crippen molar-refractivity contribution in [3.05, 3.63) is 29.8 Å². The summed E-state index contributed by atoms with van der Waals surface area (Å²) < 4.78 is 59.6. The zero-order valence-electron chi connectivity index (χ0n) is 14.2. The van der Waals surface area contributed by atoms with Crippen LogP contribution in [-0.2, 0) is 14.8 Å². The quantitative estimate of drug-likeness (QED) is 0.803. The lowest BCUT2D eigenvalue weighted by Gasteiger charge is -2.44. The number of sulfonamides is 1. The highest BCUT2D eigenvalue weighted by Crippen LogP contribution is 2.26. The molecule has 1 aromatic rings. The van der Waals surface area contributed by atoms with Gasteiger partial charge in [0.1, 0.15) is 18.6 Å². The van der Waals surface area contributed by atoms with Gasteiger partial charge in [-0.05, 0) is 31.0 Å². The van der Waals surface area contributed by atoms with Crippen molar-refractivity contribution in [3.63, 3.8) is 0 Å². The molecule has 1 heterocycles. The van der Waals surface area contributed by atoms with Gasteiger partial charge in [0, 0.05) is 12.8 Å². The number of halogens is 2. The highest BCUT2D eigenvalue weighted by molar-refractivity contribution is 7.89. The van der Waals surface area contributed by atoms with Gasteiger partial charge in [-0.15, -0.1) is 0 Å². The van der Waals surface area contributed by atoms with Crippen molar-refractivity contribution < 1.29 is 26.8 Å². The number of benzene rings is 1. The molecule has 1 saturated carbocycles. The van der Waals surface area contributed by atoms with Crippen LogP contribution in [0, 0.1) is 11.6 Å². The molecule has 3 rings (SSSR count). The van der Waals surface area contributed by atoms with Gasteiger partial charge in [-0.3, -0.25) is 0 Å². The van der Waals surface area contributed by atoms with Crippen LogP contribution < -0.4 is 9.62 Å². The lowest BCUT2D eigenvalue weighted by molar-refractivity contribution is -0.960. The fraction of sp³-hybridized carbons (Fsp3) is 0.647. The monoisotopic (exact) mass is 375 g/mol. The first kappa shape index (κ1) is 18.7. The SMILES string of the molecule is O=S(=O)(NCC1([NH+]2CCOCC2)CCCCC1)c1ccc(F)c(F)c1. The predicted octanol–water partition coefficient (Wildman–Crippen LogP) is 0.861. The van der Waals surface area contributed by atoms with E-state index in [1.54, 1.807) is 0 Å². The summed E-state index contributed by atoms with van der Waals surface area (Å²) in [5, 5.41) is 0. The zero-order chi connectivity index (χ0) is 17.9. The van der Waals surface area contributed by atoms with Crippen LogP contribution >= 0.6 is 0 Å². The molecule has 0 radical (unpaired) electrons. The van der Waals surface area contributed by atoms with E-state index in [0.717, 1.165) is 57.0 Å². The van der Waals surface area contributed by atoms with Crippen molar-refractivity contribution >= 4 is 10.0 Å². The molecule has 2 N–H and O–H groups in total. The van der Waals surface area contributed by atoms with Gasteiger partial charge in [-0.25, -0.2) is 21.9 Å². The highest BCUT2D eigenvalue weighted by atomic mass is 32.2. The molecule has 1 aromatic carbocycles. The number of morpholine rings is 1. The van der Waals surface area contributed by atoms with Gasteiger partial charge in [-0.1, -0.05) is 6.42 Å². The number of hydrogen-bond acceptors (Lipinski definition) is 3. The molecule has 140 valence electrons. The molecular weight excluding hydrogens is 350 g/mol. The van der Waals surface area contributed by atoms with Gasteiger partial charge in [-0.2, -0.15) is 0 Å². The van der Waals surface area contributed by atoms with Crippen molar-refractivity contribution in [2.75, 3.05) is 32.8 Å². The lowest BCUT2D eigenvalue weighted by atomic mass is 9.80. The van der Waals surface area contributed by atoms with Crippen molar-refractivity contribution in [2.24, 2.45) is 0 Å². The Morgan fingerprint density at radius 2 is 1.76 bits per heavy atom. The topological polar surface area (TPSA) is 59.8 Å². The summed E-state index contributed by atoms with van der Waals surface area (Å²) in [6.07, 6.45) is 5.25. The minimum Gasteiger partial charge on any atom is -0.370 e. The van der Waals surface area contributed by atoms with E-state index < -0.39 is 21.7 Å². The average molecular weight is 375 g/mol. The van der Waals surface area contributed by atoms with Crippen LogP contribution in [0.3, 0.4) is 0 Å². The van der Waals surface area contributed by atoms with E-state index in [-0.39, 0.29) is 10.4 Å². The molecule has 0 atom stereocenters. The molecule has 5 nitrogen and oxygen atoms in total. The average Bonchev–Trinajstić information content (AvgIpc) is 2.64. The Morgan fingerprint density at radius 1 is 1.08 bits per heavy atom. The van der Waals surface area contributed by atoms with Crippen LogP contribution in [-0.4, -0.2) is 46.8 Å². The number of nitrogens with one attached hydrogen (secondary N) is 2. The van der Waals surface area contributed by atoms with Crippen molar-refractivity contribution in [3.8, 4) is 0 Å². The molecule has 0 unspecified atom stereocenters. The third kappa shape index (κ3) is 4.19. The van der Waals surface area contributed by atoms with Crippen LogP contribution in [0.2, 0.25) is 0 Å². The smallest absolute Gasteiger partial charge is 0.240 e. The van der Waals surface area contributed by atoms with Crippen molar-refractivity contribution in [2.45, 2.75) is 42.5 Å². The first-order valence-corrected chi connectivity index (χ1v) is 10.3. The molecule has 0 aromatic heterocycles. The fourth-order valence-electron chi connectivity index (χ4n) is 3.99. The maximum absolute atomic E-state index is 13.4. The van der Waals surface area contributed by atoms with Crippen LogP contribution in [0.1, 0.15) is 32.1 Å². The Kier molecular flexibility index (Phi) is 5.72. The third-order valence-electron chi connectivity index (χ3n) is 5.46. The molecule has 0 bridgehead atoms. The van der Waals surface area contributed by atoms with E-state index in [1.165, 1.54) is 11.3 Å². The normalized spacial score (nSPS) is 22.0. The van der Waals surface area contributed by atoms with Crippen molar-refractivity contribution in [1.82, 2.24) is 4.72 Å². The second kappa shape index (κ2) is 7.65. The first-order chi connectivity index (χ1) is 11.9. The fourth-order valence-corrected chi connectivity index (χ4v) is 5.13. The van der Waals surface area contributed by atoms with E-state index >= 15 is 0 Å². The van der Waals surface area contributed by atoms with Crippen LogP contribution in [0.15, 0.2) is 23.1 Å². The first-order valence-electron chi connectivity index (χ1n) is 8.81. The van der Waals surface area contributed by atoms with Gasteiger partial charge in [0.15, 0.2) is 11.6 Å². The molecule has 2 fully saturated rings. The standard InChI is InChI=1S/C17H24F2N2O3S/c18-15-5-4-14(12-16(15)19)25(22,23)20-13-17(6-2-1-3-7-17)21-8-10-24-11-9-21/h4-5,12,20H,1-3,6-11,13H2/p+1. The van der Waals surface area contributed by atoms with Gasteiger partial charge >= 0.3 is 0 Å². The number of rotatable bonds is 5. The molecule has 25 heavy (non-hydrogen) atoms. The van der Waals surface area contributed by atoms with Gasteiger partial charge in [0.2, 0.25) is 10.0 Å². The molecule has 1 saturated heterocycles. The molecule has 0 amide bonds. The summed E-state index contributed by atoms with van der Waals surface area (Å²) in [6, 6.07) is 2.66. The number of hydrogen-bond donors (Lipinski definition) is 2. The Hall–Kier alpha value is -1.09. The summed E-state index contributed by atoms with van der Waals surface area (Å²) >= 11 is 0. The lowest BCUT2D eigenvalue weighted by Crippen LogP contribution is -3.23. The molecule has 1 aliphatic heterocycles. The Morgan fingerprint density at radius 3 is 2.40 bits per heavy atom. The largest absolute Gasteiger partial charge is 0.370 e. The van der Waals surface area contributed by atoms with E-state index in [9.17, 15) is 17.2 Å². The van der Waals surface area contributed by atoms with Crippen LogP contribution in [0.4, 0.5) is 8.78 Å². The third-order valence-corrected chi connectivity index (χ3v) is 6.86. The summed E-state index contributed by atoms with van der Waals surface area (Å²) in [4.78, 5) is 1.14. The Bertz CT molecular complexity index is 700. The van der Waals surface area contributed by atoms with Crippen LogP contribution in [0.25, 0.3) is 0 Å². The second-order valence-electron chi connectivity index (χ2n) is 6.96. The van der Waals surface area contributed by atoms with E-state index in [1.807, 2.05) is 0 Å². The molecule has 8 heteroatoms. The summed E-state index contributed by atoms with van der Waals surface area (Å²) in [7, 11) is -3.88. The van der Waals surface area contributed by atoms with Gasteiger partial charge < -0.3 is 9.64 Å². The summed E-state index contributed by atoms with van der Waals surface area (Å²) in [5.41, 5.74) is -0.145. The predicted molar refractivity (Wildman–Crippen MR) is 88.9 cm³/mol. The van der Waals surface area contributed by atoms with E-state index in [4.69, 9.17) is 4.74 Å². The summed E-state index contributed by atoms with van der Waals surface area (Å²) in [6.45, 7) is 3.42. The Labute approximate surface area is 147 Å². The number of ether oxygens (including phenoxy) is 1. The maximum Gasteiger partial charge on any atom is 0.240 e. The van der Waals surface area contributed by atoms with Crippen LogP contribution in [0.5, 0.6) is 0 Å². The molecule has 2 aliphatic rings. The van der Waals surface area contributed by atoms with E-state index in [2.05, 4.69) is 4.72 Å². The number of quaternary nitrogens is 1. The van der Waals surface area contributed by atoms with Gasteiger partial charge in [0.25, 0.3) is 0 Å². The molecule has 0 spiro atoms. The maximum atomic E-state index is 13.4. The minimum absolute atomic E-state index is 0.145. The molecule has 1 aliphatic carbocycles. The van der Waals surface area contributed by atoms with E-state index in [0.29, 0.717) is 19.8 Å². The highest BCUT2D eigenvalue weighted by Gasteiger charge is 2.43. The second-order valence-corrected chi connectivity index (χ2v) is 8.72. The molecular formula is C17H25F2N2O3S+. The summed E-state index contributed by atoms with van der Waals surface area (Å²) in [5.74, 6) is -2.21.